The third-order valence-corrected chi connectivity index (χ3v) is 8.00. The minimum atomic E-state index is -0.624. The van der Waals surface area contributed by atoms with Crippen molar-refractivity contribution >= 4 is 27.8 Å². The Morgan fingerprint density at radius 3 is 2.62 bits per heavy atom. The fourth-order valence-electron chi connectivity index (χ4n) is 6.16. The van der Waals surface area contributed by atoms with Crippen molar-refractivity contribution in [3.63, 3.8) is 0 Å². The Bertz CT molecular complexity index is 1980. The first-order valence-corrected chi connectivity index (χ1v) is 13.2. The summed E-state index contributed by atoms with van der Waals surface area (Å²) < 4.78 is 24.3. The molecule has 0 unspecified atom stereocenters. The van der Waals surface area contributed by atoms with Gasteiger partial charge in [0.2, 0.25) is 5.43 Å². The number of methoxy groups -OCH3 is 2. The predicted octanol–water partition coefficient (Wildman–Crippen LogP) is 5.18. The number of aryl methyl sites for hydroxylation is 2. The zero-order valence-electron chi connectivity index (χ0n) is 22.0. The van der Waals surface area contributed by atoms with E-state index in [-0.39, 0.29) is 17.4 Å². The van der Waals surface area contributed by atoms with Crippen molar-refractivity contribution in [1.82, 2.24) is 4.57 Å². The van der Waals surface area contributed by atoms with Gasteiger partial charge in [-0.2, -0.15) is 0 Å². The Hall–Kier alpha value is -4.85. The number of ether oxygens (including phenoxy) is 3. The number of nitrogens with zero attached hydrogens (tertiary/aromatic N) is 1. The normalized spacial score (nSPS) is 16.1. The summed E-state index contributed by atoms with van der Waals surface area (Å²) >= 11 is 0. The van der Waals surface area contributed by atoms with Gasteiger partial charge in [0.05, 0.1) is 37.1 Å². The van der Waals surface area contributed by atoms with Crippen LogP contribution in [0, 0.1) is 0 Å². The van der Waals surface area contributed by atoms with Crippen LogP contribution in [0.25, 0.3) is 33.0 Å². The van der Waals surface area contributed by atoms with Crippen molar-refractivity contribution in [2.24, 2.45) is 0 Å². The molecule has 0 bridgehead atoms. The first kappa shape index (κ1) is 24.2. The lowest BCUT2D eigenvalue weighted by Gasteiger charge is -2.27. The number of esters is 1. The van der Waals surface area contributed by atoms with E-state index in [0.717, 1.165) is 29.3 Å². The van der Waals surface area contributed by atoms with Crippen molar-refractivity contribution in [3.05, 3.63) is 98.1 Å². The molecule has 2 aromatic heterocycles. The van der Waals surface area contributed by atoms with Crippen LogP contribution in [0.2, 0.25) is 0 Å². The zero-order chi connectivity index (χ0) is 27.5. The summed E-state index contributed by atoms with van der Waals surface area (Å²) in [5.41, 5.74) is 4.00. The molecule has 5 aromatic rings. The summed E-state index contributed by atoms with van der Waals surface area (Å²) in [4.78, 5) is 40.3. The van der Waals surface area contributed by atoms with Gasteiger partial charge in [0.15, 0.2) is 11.5 Å². The van der Waals surface area contributed by atoms with Gasteiger partial charge in [-0.1, -0.05) is 24.3 Å². The lowest BCUT2D eigenvalue weighted by Crippen LogP contribution is -2.31. The third-order valence-electron chi connectivity index (χ3n) is 8.00. The van der Waals surface area contributed by atoms with Gasteiger partial charge in [-0.15, -0.1) is 0 Å². The van der Waals surface area contributed by atoms with Crippen LogP contribution in [0.1, 0.15) is 35.4 Å². The molecule has 2 aliphatic rings. The average Bonchev–Trinajstić information content (AvgIpc) is 2.98. The van der Waals surface area contributed by atoms with E-state index in [9.17, 15) is 14.4 Å². The molecule has 1 atom stereocenters. The molecular weight excluding hydrogens is 510 g/mol. The van der Waals surface area contributed by atoms with E-state index < -0.39 is 11.9 Å². The molecule has 0 aliphatic carbocycles. The van der Waals surface area contributed by atoms with Crippen LogP contribution in [0.4, 0.5) is 0 Å². The zero-order valence-corrected chi connectivity index (χ0v) is 22.0. The molecule has 3 aromatic carbocycles. The van der Waals surface area contributed by atoms with Gasteiger partial charge in [-0.3, -0.25) is 14.4 Å². The van der Waals surface area contributed by atoms with E-state index in [1.165, 1.54) is 13.4 Å². The van der Waals surface area contributed by atoms with Gasteiger partial charge in [0, 0.05) is 23.6 Å². The fourth-order valence-corrected chi connectivity index (χ4v) is 6.16. The van der Waals surface area contributed by atoms with E-state index in [1.807, 2.05) is 22.8 Å². The minimum absolute atomic E-state index is 0.0340. The summed E-state index contributed by atoms with van der Waals surface area (Å²) in [6.45, 7) is 0.615. The number of benzene rings is 3. The molecule has 0 saturated carbocycles. The third kappa shape index (κ3) is 3.56. The monoisotopic (exact) mass is 535 g/mol. The molecule has 0 spiro atoms. The molecule has 0 fully saturated rings. The van der Waals surface area contributed by atoms with E-state index >= 15 is 0 Å². The number of carbonyl (C=O) groups is 1. The molecule has 2 aliphatic heterocycles. The Kier molecular flexibility index (Phi) is 5.52. The van der Waals surface area contributed by atoms with Crippen LogP contribution in [0.15, 0.2) is 74.9 Å². The number of pyridine rings is 1. The number of hydrogen-bond donors (Lipinski definition) is 0. The van der Waals surface area contributed by atoms with Gasteiger partial charge in [0.25, 0.3) is 5.56 Å². The first-order valence-electron chi connectivity index (χ1n) is 13.2. The fraction of sp³-hybridized carbons (Fsp3) is 0.219. The number of rotatable bonds is 4. The molecule has 4 heterocycles. The summed E-state index contributed by atoms with van der Waals surface area (Å²) in [7, 11) is 3.08. The SMILES string of the molecule is COc1ccc(-c2coc3c4c(ccc3c2=O)OC(=O)C[C@@H]4c2cc3cccc4c3n(c2=O)CCC4)cc1OC. The minimum Gasteiger partial charge on any atom is -0.493 e. The number of fused-ring (bicyclic) bond motifs is 3. The Morgan fingerprint density at radius 2 is 1.80 bits per heavy atom. The molecule has 0 amide bonds. The summed E-state index contributed by atoms with van der Waals surface area (Å²) in [5, 5.41) is 1.28. The van der Waals surface area contributed by atoms with Gasteiger partial charge in [0.1, 0.15) is 17.6 Å². The molecule has 8 heteroatoms. The first-order chi connectivity index (χ1) is 19.5. The molecule has 8 nitrogen and oxygen atoms in total. The molecule has 0 radical (unpaired) electrons. The topological polar surface area (TPSA) is 97.0 Å². The Labute approximate surface area is 228 Å². The largest absolute Gasteiger partial charge is 0.493 e. The van der Waals surface area contributed by atoms with Crippen LogP contribution < -0.4 is 25.2 Å². The predicted molar refractivity (Wildman–Crippen MR) is 150 cm³/mol. The van der Waals surface area contributed by atoms with Crippen LogP contribution >= 0.6 is 0 Å². The van der Waals surface area contributed by atoms with Crippen LogP contribution in [-0.4, -0.2) is 24.8 Å². The molecule has 0 N–H and O–H groups in total. The second-order valence-electron chi connectivity index (χ2n) is 10.1. The van der Waals surface area contributed by atoms with Gasteiger partial charge < -0.3 is 23.2 Å². The van der Waals surface area contributed by atoms with E-state index in [1.54, 1.807) is 37.4 Å². The van der Waals surface area contributed by atoms with Crippen molar-refractivity contribution < 1.29 is 23.4 Å². The maximum atomic E-state index is 13.9. The number of aromatic nitrogens is 1. The maximum absolute atomic E-state index is 13.9. The Morgan fingerprint density at radius 1 is 0.950 bits per heavy atom. The summed E-state index contributed by atoms with van der Waals surface area (Å²) in [6.07, 6.45) is 3.17. The molecule has 40 heavy (non-hydrogen) atoms. The van der Waals surface area contributed by atoms with Crippen LogP contribution in [0.5, 0.6) is 17.2 Å². The highest BCUT2D eigenvalue weighted by Crippen LogP contribution is 2.43. The number of hydrogen-bond acceptors (Lipinski definition) is 7. The Balaban J connectivity index is 1.44. The lowest BCUT2D eigenvalue weighted by molar-refractivity contribution is -0.135. The summed E-state index contributed by atoms with van der Waals surface area (Å²) in [5.74, 6) is 0.265. The van der Waals surface area contributed by atoms with Crippen LogP contribution in [0.3, 0.4) is 0 Å². The average molecular weight is 536 g/mol. The maximum Gasteiger partial charge on any atom is 0.312 e. The van der Waals surface area contributed by atoms with Gasteiger partial charge in [-0.05, 0) is 59.7 Å². The molecule has 0 saturated heterocycles. The molecule has 7 rings (SSSR count). The van der Waals surface area contributed by atoms with Gasteiger partial charge >= 0.3 is 5.97 Å². The lowest BCUT2D eigenvalue weighted by atomic mass is 9.84. The van der Waals surface area contributed by atoms with Crippen molar-refractivity contribution in [3.8, 4) is 28.4 Å². The van der Waals surface area contributed by atoms with Crippen molar-refractivity contribution in [1.29, 1.82) is 0 Å². The summed E-state index contributed by atoms with van der Waals surface area (Å²) in [6, 6.07) is 16.3. The van der Waals surface area contributed by atoms with Gasteiger partial charge in [-0.25, -0.2) is 0 Å². The second-order valence-corrected chi connectivity index (χ2v) is 10.1. The second kappa shape index (κ2) is 9.12. The molecule has 200 valence electrons. The highest BCUT2D eigenvalue weighted by atomic mass is 16.5. The highest BCUT2D eigenvalue weighted by Gasteiger charge is 2.34. The van der Waals surface area contributed by atoms with E-state index in [0.29, 0.717) is 57.0 Å². The van der Waals surface area contributed by atoms with E-state index in [4.69, 9.17) is 18.6 Å². The smallest absolute Gasteiger partial charge is 0.312 e. The number of carbonyl (C=O) groups excluding carboxylic acids is 1. The number of para-hydroxylation sites is 1. The quantitative estimate of drug-likeness (QED) is 0.231. The van der Waals surface area contributed by atoms with Crippen LogP contribution in [-0.2, 0) is 17.8 Å². The van der Waals surface area contributed by atoms with Crippen molar-refractivity contribution in [2.75, 3.05) is 14.2 Å². The van der Waals surface area contributed by atoms with E-state index in [2.05, 4.69) is 6.07 Å². The molecular formula is C32H25NO7. The highest BCUT2D eigenvalue weighted by molar-refractivity contribution is 5.91. The standard InChI is InChI=1S/C32H25NO7/c1-37-24-10-8-18(14-26(24)38-2)23-16-39-31-20(30(23)35)9-11-25-28(31)21(15-27(34)40-25)22-13-19-6-3-5-17-7-4-12-33(29(17)19)32(22)36/h3,5-6,8-11,13-14,16,21H,4,7,12,15H2,1-2H3/t21-/m1/s1. The van der Waals surface area contributed by atoms with Crippen molar-refractivity contribution in [2.45, 2.75) is 31.7 Å².